The molecule has 2 aromatic carbocycles. The van der Waals surface area contributed by atoms with E-state index in [2.05, 4.69) is 16.9 Å². The molecule has 3 rings (SSSR count). The Balaban J connectivity index is 2.44. The molecule has 0 saturated heterocycles. The highest BCUT2D eigenvalue weighted by Crippen LogP contribution is 2.37. The number of aliphatic imine (C=N–C) groups is 1. The summed E-state index contributed by atoms with van der Waals surface area (Å²) in [4.78, 5) is 25.0. The van der Waals surface area contributed by atoms with Crippen LogP contribution in [0.15, 0.2) is 96.2 Å². The van der Waals surface area contributed by atoms with Crippen molar-refractivity contribution in [3.8, 4) is 11.1 Å². The Hall–Kier alpha value is -4.45. The van der Waals surface area contributed by atoms with Gasteiger partial charge in [-0.3, -0.25) is 4.99 Å². The van der Waals surface area contributed by atoms with Crippen LogP contribution in [0.5, 0.6) is 0 Å². The molecule has 38 heavy (non-hydrogen) atoms. The molecule has 0 aliphatic heterocycles. The highest BCUT2D eigenvalue weighted by Gasteiger charge is 2.29. The van der Waals surface area contributed by atoms with Crippen LogP contribution in [0.25, 0.3) is 11.1 Å². The first-order valence-corrected chi connectivity index (χ1v) is 12.6. The minimum absolute atomic E-state index is 0.257. The van der Waals surface area contributed by atoms with Gasteiger partial charge in [-0.15, -0.1) is 0 Å². The summed E-state index contributed by atoms with van der Waals surface area (Å²) in [5, 5.41) is 3.47. The lowest BCUT2D eigenvalue weighted by Crippen LogP contribution is -2.26. The molecule has 1 aromatic heterocycles. The molecule has 1 heterocycles. The summed E-state index contributed by atoms with van der Waals surface area (Å²) in [6, 6.07) is 17.9. The number of esters is 1. The molecule has 0 radical (unpaired) electrons. The van der Waals surface area contributed by atoms with E-state index in [0.717, 1.165) is 22.5 Å². The second kappa shape index (κ2) is 13.2. The van der Waals surface area contributed by atoms with Crippen LogP contribution >= 0.6 is 0 Å². The van der Waals surface area contributed by atoms with E-state index in [4.69, 9.17) is 9.72 Å². The van der Waals surface area contributed by atoms with Gasteiger partial charge in [-0.05, 0) is 57.5 Å². The fourth-order valence-electron chi connectivity index (χ4n) is 4.20. The van der Waals surface area contributed by atoms with E-state index < -0.39 is 5.97 Å². The number of rotatable bonds is 9. The van der Waals surface area contributed by atoms with Crippen molar-refractivity contribution in [2.75, 3.05) is 30.9 Å². The maximum absolute atomic E-state index is 13.4. The summed E-state index contributed by atoms with van der Waals surface area (Å²) in [5.74, 6) is 0.791. The number of pyridine rings is 1. The number of allylic oxidation sites excluding steroid dienone is 4. The lowest BCUT2D eigenvalue weighted by atomic mass is 9.92. The zero-order valence-electron chi connectivity index (χ0n) is 23.1. The maximum atomic E-state index is 13.4. The van der Waals surface area contributed by atoms with Crippen LogP contribution in [0.4, 0.5) is 11.5 Å². The number of ether oxygens (including phenoxy) is 1. The van der Waals surface area contributed by atoms with Gasteiger partial charge in [-0.1, -0.05) is 66.8 Å². The Morgan fingerprint density at radius 2 is 1.79 bits per heavy atom. The molecule has 0 saturated carbocycles. The van der Waals surface area contributed by atoms with E-state index >= 15 is 0 Å². The molecule has 3 aromatic rings. The van der Waals surface area contributed by atoms with Crippen molar-refractivity contribution in [1.82, 2.24) is 4.98 Å². The van der Waals surface area contributed by atoms with Gasteiger partial charge >= 0.3 is 5.97 Å². The third-order valence-electron chi connectivity index (χ3n) is 6.01. The van der Waals surface area contributed by atoms with Crippen LogP contribution in [0.2, 0.25) is 0 Å². The zero-order chi connectivity index (χ0) is 27.7. The number of carbonyl (C=O) groups is 1. The quantitative estimate of drug-likeness (QED) is 0.144. The van der Waals surface area contributed by atoms with Crippen LogP contribution in [0, 0.1) is 13.8 Å². The summed E-state index contributed by atoms with van der Waals surface area (Å²) in [7, 11) is 3.67. The van der Waals surface area contributed by atoms with E-state index in [1.54, 1.807) is 20.0 Å². The molecule has 0 spiro atoms. The van der Waals surface area contributed by atoms with Crippen molar-refractivity contribution in [2.24, 2.45) is 4.99 Å². The number of amidine groups is 1. The summed E-state index contributed by atoms with van der Waals surface area (Å²) in [6.45, 7) is 11.8. The van der Waals surface area contributed by atoms with Crippen molar-refractivity contribution in [3.63, 3.8) is 0 Å². The molecule has 0 bridgehead atoms. The highest BCUT2D eigenvalue weighted by atomic mass is 16.5. The number of hydrogen-bond acceptors (Lipinski definition) is 5. The number of nitrogens with one attached hydrogen (secondary N) is 1. The normalized spacial score (nSPS) is 11.9. The number of nitrogens with zero attached hydrogens (tertiary/aromatic N) is 3. The molecule has 0 atom stereocenters. The lowest BCUT2D eigenvalue weighted by Gasteiger charge is -2.27. The van der Waals surface area contributed by atoms with E-state index in [9.17, 15) is 4.79 Å². The average molecular weight is 509 g/mol. The predicted molar refractivity (Wildman–Crippen MR) is 159 cm³/mol. The van der Waals surface area contributed by atoms with Crippen molar-refractivity contribution in [3.05, 3.63) is 114 Å². The molecule has 6 nitrogen and oxygen atoms in total. The summed E-state index contributed by atoms with van der Waals surface area (Å²) in [6.07, 6.45) is 7.60. The number of aromatic nitrogens is 1. The van der Waals surface area contributed by atoms with Gasteiger partial charge in [0.1, 0.15) is 11.7 Å². The van der Waals surface area contributed by atoms with Gasteiger partial charge < -0.3 is 15.0 Å². The van der Waals surface area contributed by atoms with Gasteiger partial charge in [-0.2, -0.15) is 0 Å². The first-order valence-electron chi connectivity index (χ1n) is 12.6. The number of likely N-dealkylation sites (N-methyl/N-ethyl adjacent to an activating group) is 1. The zero-order valence-corrected chi connectivity index (χ0v) is 23.1. The van der Waals surface area contributed by atoms with Crippen molar-refractivity contribution >= 4 is 23.3 Å². The standard InChI is InChI=1S/C32H36N4O2/c1-8-14-26(15-9-2)36(7)31-29(30(33-6)35-25-20-18-22(4)19-21-25)28(24-16-12-11-13-17-24)27(23(5)34-31)32(37)38-10-3/h8-9,11-21H,1,10H2,2-7H3,(H,33,35)/b15-9-,26-14+. The van der Waals surface area contributed by atoms with Gasteiger partial charge in [0.05, 0.1) is 23.4 Å². The van der Waals surface area contributed by atoms with Crippen LogP contribution in [-0.2, 0) is 4.74 Å². The third kappa shape index (κ3) is 6.27. The number of benzene rings is 2. The minimum atomic E-state index is -0.423. The van der Waals surface area contributed by atoms with Gasteiger partial charge in [0.25, 0.3) is 0 Å². The Morgan fingerprint density at radius 3 is 2.37 bits per heavy atom. The first-order chi connectivity index (χ1) is 18.4. The van der Waals surface area contributed by atoms with E-state index in [0.29, 0.717) is 34.0 Å². The second-order valence-electron chi connectivity index (χ2n) is 8.68. The smallest absolute Gasteiger partial charge is 0.340 e. The maximum Gasteiger partial charge on any atom is 0.340 e. The highest BCUT2D eigenvalue weighted by molar-refractivity contribution is 6.18. The lowest BCUT2D eigenvalue weighted by molar-refractivity contribution is 0.0526. The number of aryl methyl sites for hydroxylation is 2. The van der Waals surface area contributed by atoms with E-state index in [1.165, 1.54) is 0 Å². The molecule has 196 valence electrons. The summed E-state index contributed by atoms with van der Waals surface area (Å²) >= 11 is 0. The monoisotopic (exact) mass is 508 g/mol. The molecule has 0 aliphatic rings. The third-order valence-corrected chi connectivity index (χ3v) is 6.01. The molecular weight excluding hydrogens is 472 g/mol. The van der Waals surface area contributed by atoms with Gasteiger partial charge in [0.2, 0.25) is 0 Å². The van der Waals surface area contributed by atoms with Crippen molar-refractivity contribution in [2.45, 2.75) is 27.7 Å². The average Bonchev–Trinajstić information content (AvgIpc) is 2.92. The molecule has 1 N–H and O–H groups in total. The van der Waals surface area contributed by atoms with E-state index in [1.807, 2.05) is 106 Å². The largest absolute Gasteiger partial charge is 0.462 e. The predicted octanol–water partition coefficient (Wildman–Crippen LogP) is 7.11. The van der Waals surface area contributed by atoms with Crippen LogP contribution in [0.1, 0.15) is 41.0 Å². The minimum Gasteiger partial charge on any atom is -0.462 e. The van der Waals surface area contributed by atoms with Gasteiger partial charge in [-0.25, -0.2) is 9.78 Å². The molecule has 0 amide bonds. The van der Waals surface area contributed by atoms with Crippen LogP contribution in [-0.4, -0.2) is 37.5 Å². The van der Waals surface area contributed by atoms with Gasteiger partial charge in [0.15, 0.2) is 0 Å². The fourth-order valence-corrected chi connectivity index (χ4v) is 4.20. The van der Waals surface area contributed by atoms with Gasteiger partial charge in [0, 0.05) is 31.0 Å². The first kappa shape index (κ1) is 28.1. The molecule has 0 fully saturated rings. The topological polar surface area (TPSA) is 66.8 Å². The van der Waals surface area contributed by atoms with Crippen LogP contribution in [0.3, 0.4) is 0 Å². The Labute approximate surface area is 226 Å². The molecule has 6 heteroatoms. The second-order valence-corrected chi connectivity index (χ2v) is 8.68. The summed E-state index contributed by atoms with van der Waals surface area (Å²) in [5.41, 5.74) is 6.14. The van der Waals surface area contributed by atoms with E-state index in [-0.39, 0.29) is 6.61 Å². The van der Waals surface area contributed by atoms with Crippen LogP contribution < -0.4 is 10.2 Å². The SMILES string of the molecule is C=C/C=C(\C=C/C)N(C)c1nc(C)c(C(=O)OCC)c(-c2ccccc2)c1C(=NC)Nc1ccc(C)cc1. The molecular formula is C32H36N4O2. The number of hydrogen-bond donors (Lipinski definition) is 1. The Kier molecular flexibility index (Phi) is 9.77. The van der Waals surface area contributed by atoms with Crippen molar-refractivity contribution in [1.29, 1.82) is 0 Å². The Bertz CT molecular complexity index is 1370. The Morgan fingerprint density at radius 1 is 1.11 bits per heavy atom. The molecule has 0 unspecified atom stereocenters. The number of carbonyl (C=O) groups excluding carboxylic acids is 1. The van der Waals surface area contributed by atoms with Crippen molar-refractivity contribution < 1.29 is 9.53 Å². The fraction of sp³-hybridized carbons (Fsp3) is 0.219. The molecule has 0 aliphatic carbocycles. The summed E-state index contributed by atoms with van der Waals surface area (Å²) < 4.78 is 5.51. The number of anilines is 2.